The van der Waals surface area contributed by atoms with E-state index in [2.05, 4.69) is 36.7 Å². The van der Waals surface area contributed by atoms with E-state index in [1.165, 1.54) is 5.56 Å². The maximum Gasteiger partial charge on any atom is 0.140 e. The van der Waals surface area contributed by atoms with E-state index in [9.17, 15) is 4.79 Å². The lowest BCUT2D eigenvalue weighted by atomic mass is 10.1. The second-order valence-corrected chi connectivity index (χ2v) is 4.50. The van der Waals surface area contributed by atoms with Gasteiger partial charge in [-0.05, 0) is 31.1 Å². The van der Waals surface area contributed by atoms with E-state index < -0.39 is 0 Å². The van der Waals surface area contributed by atoms with Crippen molar-refractivity contribution in [3.8, 4) is 0 Å². The number of rotatable bonds is 8. The summed E-state index contributed by atoms with van der Waals surface area (Å²) in [5.74, 6) is 0.277. The molecule has 0 saturated heterocycles. The molecule has 3 nitrogen and oxygen atoms in total. The van der Waals surface area contributed by atoms with Crippen LogP contribution in [0.4, 0.5) is 0 Å². The highest BCUT2D eigenvalue weighted by Gasteiger charge is 2.07. The van der Waals surface area contributed by atoms with Gasteiger partial charge in [0.1, 0.15) is 5.78 Å². The molecular formula is C15H24N2O. The number of aromatic nitrogens is 1. The van der Waals surface area contributed by atoms with Gasteiger partial charge in [0.2, 0.25) is 0 Å². The zero-order chi connectivity index (χ0) is 13.4. The molecule has 0 amide bonds. The molecule has 18 heavy (non-hydrogen) atoms. The van der Waals surface area contributed by atoms with Crippen LogP contribution >= 0.6 is 0 Å². The first-order chi connectivity index (χ1) is 8.69. The Kier molecular flexibility index (Phi) is 6.58. The number of ketones is 1. The zero-order valence-corrected chi connectivity index (χ0v) is 11.8. The molecule has 3 heteroatoms. The molecule has 0 unspecified atom stereocenters. The van der Waals surface area contributed by atoms with Crippen LogP contribution in [0.15, 0.2) is 18.3 Å². The summed E-state index contributed by atoms with van der Waals surface area (Å²) in [6, 6.07) is 4.02. The summed E-state index contributed by atoms with van der Waals surface area (Å²) >= 11 is 0. The molecule has 1 aromatic rings. The lowest BCUT2D eigenvalue weighted by Gasteiger charge is -2.16. The number of hydrogen-bond donors (Lipinski definition) is 0. The summed E-state index contributed by atoms with van der Waals surface area (Å²) in [6.07, 6.45) is 3.94. The number of pyridine rings is 1. The molecule has 0 atom stereocenters. The third-order valence-electron chi connectivity index (χ3n) is 3.27. The van der Waals surface area contributed by atoms with Gasteiger partial charge in [-0.2, -0.15) is 0 Å². The summed E-state index contributed by atoms with van der Waals surface area (Å²) in [6.45, 7) is 9.23. The van der Waals surface area contributed by atoms with Crippen LogP contribution in [0.25, 0.3) is 0 Å². The van der Waals surface area contributed by atoms with Crippen molar-refractivity contribution in [3.05, 3.63) is 29.6 Å². The van der Waals surface area contributed by atoms with Gasteiger partial charge in [0.25, 0.3) is 0 Å². The van der Waals surface area contributed by atoms with Crippen LogP contribution in [0.1, 0.15) is 38.4 Å². The number of carbonyl (C=O) groups excluding carboxylic acids is 1. The van der Waals surface area contributed by atoms with E-state index in [4.69, 9.17) is 0 Å². The lowest BCUT2D eigenvalue weighted by molar-refractivity contribution is -0.118. The Balaban J connectivity index is 2.39. The number of aryl methyl sites for hydroxylation is 1. The Morgan fingerprint density at radius 2 is 1.94 bits per heavy atom. The van der Waals surface area contributed by atoms with E-state index in [1.807, 2.05) is 12.3 Å². The minimum atomic E-state index is 0.277. The topological polar surface area (TPSA) is 33.2 Å². The number of carbonyl (C=O) groups is 1. The largest absolute Gasteiger partial charge is 0.303 e. The van der Waals surface area contributed by atoms with Gasteiger partial charge in [-0.25, -0.2) is 0 Å². The second kappa shape index (κ2) is 7.98. The van der Waals surface area contributed by atoms with Crippen molar-refractivity contribution in [3.63, 3.8) is 0 Å². The highest BCUT2D eigenvalue weighted by Crippen LogP contribution is 2.04. The first-order valence-electron chi connectivity index (χ1n) is 6.87. The fourth-order valence-corrected chi connectivity index (χ4v) is 1.88. The molecule has 0 aliphatic rings. The van der Waals surface area contributed by atoms with Crippen LogP contribution < -0.4 is 0 Å². The minimum absolute atomic E-state index is 0.277. The number of hydrogen-bond acceptors (Lipinski definition) is 3. The fraction of sp³-hybridized carbons (Fsp3) is 0.600. The van der Waals surface area contributed by atoms with Crippen molar-refractivity contribution in [2.45, 2.75) is 40.0 Å². The first kappa shape index (κ1) is 14.8. The summed E-state index contributed by atoms with van der Waals surface area (Å²) in [5, 5.41) is 0. The van der Waals surface area contributed by atoms with E-state index in [-0.39, 0.29) is 5.78 Å². The standard InChI is InChI=1S/C15H24N2O/c1-4-13-7-8-14(16-12-13)11-15(18)9-10-17(5-2)6-3/h7-8,12H,4-6,9-11H2,1-3H3. The van der Waals surface area contributed by atoms with Crippen molar-refractivity contribution in [2.24, 2.45) is 0 Å². The third kappa shape index (κ3) is 4.96. The summed E-state index contributed by atoms with van der Waals surface area (Å²) in [7, 11) is 0. The molecule has 1 rings (SSSR count). The van der Waals surface area contributed by atoms with E-state index in [0.717, 1.165) is 31.7 Å². The van der Waals surface area contributed by atoms with Crippen LogP contribution in [0.2, 0.25) is 0 Å². The van der Waals surface area contributed by atoms with Gasteiger partial charge in [-0.15, -0.1) is 0 Å². The first-order valence-corrected chi connectivity index (χ1v) is 6.87. The van der Waals surface area contributed by atoms with Gasteiger partial charge in [0, 0.05) is 31.3 Å². The summed E-state index contributed by atoms with van der Waals surface area (Å²) < 4.78 is 0. The van der Waals surface area contributed by atoms with Crippen LogP contribution in [0.3, 0.4) is 0 Å². The predicted molar refractivity (Wildman–Crippen MR) is 74.7 cm³/mol. The fourth-order valence-electron chi connectivity index (χ4n) is 1.88. The van der Waals surface area contributed by atoms with Crippen molar-refractivity contribution >= 4 is 5.78 Å². The Labute approximate surface area is 110 Å². The molecule has 1 heterocycles. The Bertz CT molecular complexity index is 355. The molecule has 0 aromatic carbocycles. The highest BCUT2D eigenvalue weighted by atomic mass is 16.1. The molecular weight excluding hydrogens is 224 g/mol. The van der Waals surface area contributed by atoms with Crippen LogP contribution in [0, 0.1) is 0 Å². The van der Waals surface area contributed by atoms with Crippen LogP contribution in [-0.2, 0) is 17.6 Å². The molecule has 0 N–H and O–H groups in total. The van der Waals surface area contributed by atoms with E-state index >= 15 is 0 Å². The molecule has 0 bridgehead atoms. The molecule has 0 saturated carbocycles. The molecule has 0 radical (unpaired) electrons. The van der Waals surface area contributed by atoms with Gasteiger partial charge >= 0.3 is 0 Å². The van der Waals surface area contributed by atoms with Crippen molar-refractivity contribution in [2.75, 3.05) is 19.6 Å². The Morgan fingerprint density at radius 1 is 1.22 bits per heavy atom. The maximum atomic E-state index is 11.8. The normalized spacial score (nSPS) is 10.9. The van der Waals surface area contributed by atoms with Crippen molar-refractivity contribution < 1.29 is 4.79 Å². The number of Topliss-reactive ketones (excluding diaryl/α,β-unsaturated/α-hetero) is 1. The number of nitrogens with zero attached hydrogens (tertiary/aromatic N) is 2. The minimum Gasteiger partial charge on any atom is -0.303 e. The molecule has 0 fully saturated rings. The van der Waals surface area contributed by atoms with E-state index in [1.54, 1.807) is 0 Å². The highest BCUT2D eigenvalue weighted by molar-refractivity contribution is 5.80. The quantitative estimate of drug-likeness (QED) is 0.708. The maximum absolute atomic E-state index is 11.8. The Morgan fingerprint density at radius 3 is 2.44 bits per heavy atom. The van der Waals surface area contributed by atoms with Crippen molar-refractivity contribution in [1.29, 1.82) is 0 Å². The van der Waals surface area contributed by atoms with Crippen molar-refractivity contribution in [1.82, 2.24) is 9.88 Å². The predicted octanol–water partition coefficient (Wildman–Crippen LogP) is 2.49. The summed E-state index contributed by atoms with van der Waals surface area (Å²) in [4.78, 5) is 18.4. The van der Waals surface area contributed by atoms with Gasteiger partial charge < -0.3 is 4.90 Å². The average molecular weight is 248 g/mol. The molecule has 0 aliphatic heterocycles. The molecule has 100 valence electrons. The van der Waals surface area contributed by atoms with Gasteiger partial charge in [-0.1, -0.05) is 26.8 Å². The molecule has 0 spiro atoms. The summed E-state index contributed by atoms with van der Waals surface area (Å²) in [5.41, 5.74) is 2.10. The van der Waals surface area contributed by atoms with Crippen LogP contribution in [-0.4, -0.2) is 35.3 Å². The van der Waals surface area contributed by atoms with E-state index in [0.29, 0.717) is 12.8 Å². The lowest BCUT2D eigenvalue weighted by Crippen LogP contribution is -2.26. The monoisotopic (exact) mass is 248 g/mol. The smallest absolute Gasteiger partial charge is 0.140 e. The average Bonchev–Trinajstić information content (AvgIpc) is 2.41. The van der Waals surface area contributed by atoms with Gasteiger partial charge in [0.15, 0.2) is 0 Å². The van der Waals surface area contributed by atoms with Crippen LogP contribution in [0.5, 0.6) is 0 Å². The third-order valence-corrected chi connectivity index (χ3v) is 3.27. The second-order valence-electron chi connectivity index (χ2n) is 4.50. The SMILES string of the molecule is CCc1ccc(CC(=O)CCN(CC)CC)nc1. The molecule has 1 aromatic heterocycles. The zero-order valence-electron chi connectivity index (χ0n) is 11.8. The van der Waals surface area contributed by atoms with Gasteiger partial charge in [0.05, 0.1) is 0 Å². The molecule has 0 aliphatic carbocycles. The van der Waals surface area contributed by atoms with Gasteiger partial charge in [-0.3, -0.25) is 9.78 Å². The Hall–Kier alpha value is -1.22.